The Bertz CT molecular complexity index is 666. The number of carbonyl (C=O) groups is 1. The maximum absolute atomic E-state index is 12.2. The highest BCUT2D eigenvalue weighted by Crippen LogP contribution is 2.16. The molecular formula is C15H18ClN5O3. The largest absolute Gasteiger partial charge is 0.472 e. The van der Waals surface area contributed by atoms with Crippen molar-refractivity contribution in [1.82, 2.24) is 25.5 Å². The average Bonchev–Trinajstić information content (AvgIpc) is 3.01. The van der Waals surface area contributed by atoms with E-state index < -0.39 is 0 Å². The minimum Gasteiger partial charge on any atom is -0.472 e. The zero-order valence-corrected chi connectivity index (χ0v) is 13.7. The van der Waals surface area contributed by atoms with Crippen molar-refractivity contribution >= 4 is 17.5 Å². The smallest absolute Gasteiger partial charge is 0.242 e. The predicted molar refractivity (Wildman–Crippen MR) is 85.7 cm³/mol. The fourth-order valence-corrected chi connectivity index (χ4v) is 2.60. The van der Waals surface area contributed by atoms with Crippen molar-refractivity contribution in [2.45, 2.75) is 31.4 Å². The molecule has 1 aliphatic rings. The number of aromatic nitrogens is 4. The molecule has 2 N–H and O–H groups in total. The first-order valence-electron chi connectivity index (χ1n) is 7.72. The minimum absolute atomic E-state index is 0.104. The first-order chi connectivity index (χ1) is 11.7. The van der Waals surface area contributed by atoms with E-state index in [1.807, 2.05) is 12.1 Å². The van der Waals surface area contributed by atoms with Gasteiger partial charge >= 0.3 is 0 Å². The van der Waals surface area contributed by atoms with E-state index in [-0.39, 0.29) is 29.8 Å². The summed E-state index contributed by atoms with van der Waals surface area (Å²) in [6.45, 7) is 1.01. The summed E-state index contributed by atoms with van der Waals surface area (Å²) in [5, 5.41) is 9.50. The van der Waals surface area contributed by atoms with E-state index in [0.29, 0.717) is 37.8 Å². The number of ether oxygens (including phenoxy) is 2. The van der Waals surface area contributed by atoms with Gasteiger partial charge < -0.3 is 14.8 Å². The number of aryl methyl sites for hydroxylation is 1. The lowest BCUT2D eigenvalue weighted by Gasteiger charge is -2.32. The van der Waals surface area contributed by atoms with Gasteiger partial charge in [-0.05, 0) is 17.7 Å². The highest BCUT2D eigenvalue weighted by Gasteiger charge is 2.29. The van der Waals surface area contributed by atoms with Gasteiger partial charge in [0.05, 0.1) is 19.3 Å². The fourth-order valence-electron chi connectivity index (χ4n) is 2.46. The molecule has 2 aromatic heterocycles. The summed E-state index contributed by atoms with van der Waals surface area (Å²) < 4.78 is 11.3. The second-order valence-corrected chi connectivity index (χ2v) is 5.75. The summed E-state index contributed by atoms with van der Waals surface area (Å²) in [6, 6.07) is 5.26. The van der Waals surface area contributed by atoms with Gasteiger partial charge in [0.2, 0.25) is 17.1 Å². The summed E-state index contributed by atoms with van der Waals surface area (Å²) in [4.78, 5) is 20.3. The van der Waals surface area contributed by atoms with Gasteiger partial charge in [0.15, 0.2) is 0 Å². The first kappa shape index (κ1) is 16.7. The third-order valence-electron chi connectivity index (χ3n) is 3.64. The van der Waals surface area contributed by atoms with E-state index in [1.165, 1.54) is 0 Å². The Balaban J connectivity index is 1.52. The van der Waals surface area contributed by atoms with Gasteiger partial charge in [-0.2, -0.15) is 0 Å². The first-order valence-corrected chi connectivity index (χ1v) is 8.10. The van der Waals surface area contributed by atoms with Crippen LogP contribution in [0.25, 0.3) is 0 Å². The molecule has 0 aliphatic carbocycles. The van der Waals surface area contributed by atoms with Gasteiger partial charge in [0.1, 0.15) is 11.9 Å². The molecule has 8 nitrogen and oxygen atoms in total. The zero-order valence-electron chi connectivity index (χ0n) is 12.9. The number of aromatic amines is 1. The summed E-state index contributed by atoms with van der Waals surface area (Å²) in [5.41, 5.74) is 0. The zero-order chi connectivity index (χ0) is 16.8. The van der Waals surface area contributed by atoms with Crippen LogP contribution in [-0.2, 0) is 16.0 Å². The van der Waals surface area contributed by atoms with Crippen molar-refractivity contribution in [3.05, 3.63) is 35.5 Å². The normalized spacial score (nSPS) is 20.5. The van der Waals surface area contributed by atoms with Crippen LogP contribution < -0.4 is 10.1 Å². The van der Waals surface area contributed by atoms with E-state index in [0.717, 1.165) is 0 Å². The molecule has 0 radical (unpaired) electrons. The molecule has 1 aliphatic heterocycles. The number of amides is 1. The van der Waals surface area contributed by atoms with Crippen LogP contribution >= 0.6 is 11.6 Å². The van der Waals surface area contributed by atoms with Crippen molar-refractivity contribution in [3.8, 4) is 5.88 Å². The molecule has 3 heterocycles. The highest BCUT2D eigenvalue weighted by molar-refractivity contribution is 6.28. The van der Waals surface area contributed by atoms with E-state index >= 15 is 0 Å². The van der Waals surface area contributed by atoms with Crippen LogP contribution in [0.5, 0.6) is 5.88 Å². The van der Waals surface area contributed by atoms with Crippen LogP contribution in [-0.4, -0.2) is 51.4 Å². The summed E-state index contributed by atoms with van der Waals surface area (Å²) in [7, 11) is 0. The van der Waals surface area contributed by atoms with Crippen LogP contribution in [0.1, 0.15) is 18.7 Å². The van der Waals surface area contributed by atoms with E-state index in [1.54, 1.807) is 12.3 Å². The molecule has 0 spiro atoms. The summed E-state index contributed by atoms with van der Waals surface area (Å²) in [6.07, 6.45) is 2.91. The molecule has 0 saturated carbocycles. The third kappa shape index (κ3) is 4.65. The summed E-state index contributed by atoms with van der Waals surface area (Å²) in [5.74, 6) is 1.02. The third-order valence-corrected chi connectivity index (χ3v) is 3.81. The Morgan fingerprint density at radius 3 is 3.17 bits per heavy atom. The van der Waals surface area contributed by atoms with Crippen molar-refractivity contribution in [1.29, 1.82) is 0 Å². The van der Waals surface area contributed by atoms with Gasteiger partial charge in [-0.1, -0.05) is 6.07 Å². The molecule has 24 heavy (non-hydrogen) atoms. The maximum atomic E-state index is 12.2. The van der Waals surface area contributed by atoms with Gasteiger partial charge in [-0.3, -0.25) is 9.89 Å². The van der Waals surface area contributed by atoms with Crippen LogP contribution in [0.3, 0.4) is 0 Å². The van der Waals surface area contributed by atoms with Crippen LogP contribution in [0, 0.1) is 0 Å². The highest BCUT2D eigenvalue weighted by atomic mass is 35.5. The Hall–Kier alpha value is -2.19. The second-order valence-electron chi connectivity index (χ2n) is 5.41. The van der Waals surface area contributed by atoms with Gasteiger partial charge in [0.25, 0.3) is 0 Å². The average molecular weight is 352 g/mol. The molecule has 128 valence electrons. The molecule has 1 fully saturated rings. The van der Waals surface area contributed by atoms with Crippen molar-refractivity contribution < 1.29 is 14.3 Å². The Kier molecular flexibility index (Phi) is 5.60. The summed E-state index contributed by atoms with van der Waals surface area (Å²) >= 11 is 5.63. The van der Waals surface area contributed by atoms with Gasteiger partial charge in [-0.15, -0.1) is 5.10 Å². The quantitative estimate of drug-likeness (QED) is 0.809. The van der Waals surface area contributed by atoms with Crippen LogP contribution in [0.2, 0.25) is 5.28 Å². The molecule has 0 aromatic carbocycles. The lowest BCUT2D eigenvalue weighted by atomic mass is 10.1. The van der Waals surface area contributed by atoms with Crippen LogP contribution in [0.15, 0.2) is 24.4 Å². The van der Waals surface area contributed by atoms with Gasteiger partial charge in [0, 0.05) is 31.5 Å². The number of pyridine rings is 1. The Labute approximate surface area is 143 Å². The number of nitrogens with zero attached hydrogens (tertiary/aromatic N) is 3. The topological polar surface area (TPSA) is 102 Å². The minimum atomic E-state index is -0.216. The SMILES string of the molecule is O=C(CCc1nc(Cl)n[nH]1)N[C@@H]1COCC[C@H]1Oc1ccccn1. The van der Waals surface area contributed by atoms with E-state index in [4.69, 9.17) is 21.1 Å². The van der Waals surface area contributed by atoms with Crippen molar-refractivity contribution in [2.75, 3.05) is 13.2 Å². The van der Waals surface area contributed by atoms with Crippen LogP contribution in [0.4, 0.5) is 0 Å². The Morgan fingerprint density at radius 2 is 2.42 bits per heavy atom. The van der Waals surface area contributed by atoms with Gasteiger partial charge in [-0.25, -0.2) is 9.97 Å². The monoisotopic (exact) mass is 351 g/mol. The lowest BCUT2D eigenvalue weighted by Crippen LogP contribution is -2.52. The molecule has 0 bridgehead atoms. The Morgan fingerprint density at radius 1 is 1.50 bits per heavy atom. The number of halogens is 1. The standard InChI is InChI=1S/C15H18ClN5O3/c16-15-19-12(20-21-15)4-5-13(22)18-10-9-23-8-6-11(10)24-14-3-1-2-7-17-14/h1-3,7,10-11H,4-6,8-9H2,(H,18,22)(H,19,20,21)/t10-,11-/m1/s1. The molecule has 9 heteroatoms. The predicted octanol–water partition coefficient (Wildman–Crippen LogP) is 1.14. The molecule has 1 amide bonds. The van der Waals surface area contributed by atoms with E-state index in [9.17, 15) is 4.79 Å². The lowest BCUT2D eigenvalue weighted by molar-refractivity contribution is -0.124. The molecular weight excluding hydrogens is 334 g/mol. The number of rotatable bonds is 6. The number of hydrogen-bond donors (Lipinski definition) is 2. The number of nitrogens with one attached hydrogen (secondary N) is 2. The second kappa shape index (κ2) is 8.07. The molecule has 0 unspecified atom stereocenters. The van der Waals surface area contributed by atoms with E-state index in [2.05, 4.69) is 25.5 Å². The number of carbonyl (C=O) groups excluding carboxylic acids is 1. The van der Waals surface area contributed by atoms with Crippen molar-refractivity contribution in [2.24, 2.45) is 0 Å². The molecule has 1 saturated heterocycles. The number of H-pyrrole nitrogens is 1. The fraction of sp³-hybridized carbons (Fsp3) is 0.467. The maximum Gasteiger partial charge on any atom is 0.242 e. The molecule has 2 atom stereocenters. The molecule has 3 rings (SSSR count). The van der Waals surface area contributed by atoms with Crippen molar-refractivity contribution in [3.63, 3.8) is 0 Å². The molecule has 2 aromatic rings. The number of hydrogen-bond acceptors (Lipinski definition) is 6.